The van der Waals surface area contributed by atoms with Gasteiger partial charge < -0.3 is 19.6 Å². The van der Waals surface area contributed by atoms with E-state index in [9.17, 15) is 31.2 Å². The second-order valence-electron chi connectivity index (χ2n) is 11.5. The topological polar surface area (TPSA) is 154 Å². The molecule has 12 nitrogen and oxygen atoms in total. The van der Waals surface area contributed by atoms with Crippen molar-refractivity contribution >= 4 is 67.7 Å². The summed E-state index contributed by atoms with van der Waals surface area (Å²) in [5.41, 5.74) is 2.14. The van der Waals surface area contributed by atoms with Crippen LogP contribution in [0.2, 0.25) is 0 Å². The maximum Gasteiger partial charge on any atom is 0.534 e. The number of alkyl halides is 3. The molecule has 1 fully saturated rings. The second kappa shape index (κ2) is 20.3. The molecule has 1 aliphatic rings. The van der Waals surface area contributed by atoms with Crippen LogP contribution in [-0.2, 0) is 19.7 Å². The number of rotatable bonds is 10. The van der Waals surface area contributed by atoms with Crippen molar-refractivity contribution in [1.82, 2.24) is 15.0 Å². The van der Waals surface area contributed by atoms with E-state index in [0.717, 1.165) is 47.9 Å². The summed E-state index contributed by atoms with van der Waals surface area (Å²) < 4.78 is 68.5. The lowest BCUT2D eigenvalue weighted by molar-refractivity contribution is -0.0753. The van der Waals surface area contributed by atoms with Crippen LogP contribution in [0.4, 0.5) is 19.0 Å². The molecule has 0 bridgehead atoms. The molecule has 2 aromatic heterocycles. The van der Waals surface area contributed by atoms with Gasteiger partial charge in [0.25, 0.3) is 11.8 Å². The first-order valence-electron chi connectivity index (χ1n) is 16.9. The number of hydroxylamine groups is 2. The van der Waals surface area contributed by atoms with E-state index in [2.05, 4.69) is 14.1 Å². The minimum absolute atomic E-state index is 0.0527. The average Bonchev–Trinajstić information content (AvgIpc) is 3.84. The third kappa shape index (κ3) is 11.8. The van der Waals surface area contributed by atoms with Gasteiger partial charge in [-0.25, -0.2) is 14.8 Å². The number of esters is 1. The number of ether oxygens (including phenoxy) is 1. The molecule has 0 aliphatic carbocycles. The number of halogens is 3. The van der Waals surface area contributed by atoms with E-state index < -0.39 is 32.4 Å². The molecule has 0 atom stereocenters. The zero-order valence-corrected chi connectivity index (χ0v) is 33.7. The maximum absolute atomic E-state index is 12.6. The Bertz CT molecular complexity index is 2160. The first kappa shape index (κ1) is 43.8. The van der Waals surface area contributed by atoms with Crippen molar-refractivity contribution in [1.29, 1.82) is 0 Å². The van der Waals surface area contributed by atoms with Crippen LogP contribution in [0.15, 0.2) is 91.0 Å². The Morgan fingerprint density at radius 2 is 1.36 bits per heavy atom. The molecule has 56 heavy (non-hydrogen) atoms. The van der Waals surface area contributed by atoms with Crippen LogP contribution in [0.1, 0.15) is 51.1 Å². The molecular formula is C37H38F3N5O7S4. The fraction of sp³-hybridized carbons (Fsp3) is 0.270. The van der Waals surface area contributed by atoms with Gasteiger partial charge in [-0.1, -0.05) is 103 Å². The summed E-state index contributed by atoms with van der Waals surface area (Å²) in [6, 6.07) is 27.7. The highest BCUT2D eigenvalue weighted by molar-refractivity contribution is 7.88. The highest BCUT2D eigenvalue weighted by Gasteiger charge is 2.49. The van der Waals surface area contributed by atoms with Crippen molar-refractivity contribution in [2.75, 3.05) is 38.8 Å². The van der Waals surface area contributed by atoms with Gasteiger partial charge in [0.1, 0.15) is 19.9 Å². The maximum atomic E-state index is 12.6. The summed E-state index contributed by atoms with van der Waals surface area (Å²) in [6.45, 7) is 3.34. The summed E-state index contributed by atoms with van der Waals surface area (Å²) in [7, 11) is -2.83. The van der Waals surface area contributed by atoms with Crippen LogP contribution in [-0.4, -0.2) is 79.7 Å². The van der Waals surface area contributed by atoms with Crippen molar-refractivity contribution in [3.8, 4) is 27.0 Å². The number of thiocarbonyl (C=S) groups is 1. The van der Waals surface area contributed by atoms with Gasteiger partial charge >= 0.3 is 21.6 Å². The number of thiazole rings is 2. The summed E-state index contributed by atoms with van der Waals surface area (Å²) >= 11 is 6.84. The van der Waals surface area contributed by atoms with E-state index in [1.165, 1.54) is 36.9 Å². The van der Waals surface area contributed by atoms with Gasteiger partial charge in [0.05, 0.1) is 13.7 Å². The van der Waals surface area contributed by atoms with Gasteiger partial charge in [-0.2, -0.15) is 26.6 Å². The molecule has 0 spiro atoms. The number of hydrogen-bond acceptors (Lipinski definition) is 13. The number of anilines is 1. The molecule has 1 amide bonds. The number of nitrogens with two attached hydrogens (primary N) is 1. The number of piperidine rings is 1. The van der Waals surface area contributed by atoms with Crippen LogP contribution >= 0.6 is 34.9 Å². The first-order valence-corrected chi connectivity index (χ1v) is 20.3. The summed E-state index contributed by atoms with van der Waals surface area (Å²) in [5.74, 6) is -1.34. The summed E-state index contributed by atoms with van der Waals surface area (Å²) in [5, 5.41) is 2.25. The number of carbonyl (C=O) groups excluding carboxylic acids is 2. The van der Waals surface area contributed by atoms with Crippen LogP contribution in [0.25, 0.3) is 21.1 Å². The van der Waals surface area contributed by atoms with E-state index in [1.54, 1.807) is 37.4 Å². The minimum Gasteiger partial charge on any atom is -0.462 e. The summed E-state index contributed by atoms with van der Waals surface area (Å²) in [4.78, 5) is 40.9. The van der Waals surface area contributed by atoms with Crippen LogP contribution in [0.5, 0.6) is 5.88 Å². The Kier molecular flexibility index (Phi) is 15.9. The number of amides is 1. The largest absolute Gasteiger partial charge is 0.534 e. The molecule has 19 heteroatoms. The third-order valence-electron chi connectivity index (χ3n) is 7.65. The predicted octanol–water partition coefficient (Wildman–Crippen LogP) is 7.97. The lowest BCUT2D eigenvalue weighted by Gasteiger charge is -2.27. The van der Waals surface area contributed by atoms with Gasteiger partial charge in [0.2, 0.25) is 0 Å². The lowest BCUT2D eigenvalue weighted by Crippen LogP contribution is -2.32. The van der Waals surface area contributed by atoms with E-state index in [0.29, 0.717) is 26.8 Å². The molecule has 0 saturated carbocycles. The molecule has 3 heterocycles. The zero-order chi connectivity index (χ0) is 40.9. The van der Waals surface area contributed by atoms with Crippen molar-refractivity contribution in [3.63, 3.8) is 0 Å². The quantitative estimate of drug-likeness (QED) is 0.0477. The van der Waals surface area contributed by atoms with Gasteiger partial charge in [-0.05, 0) is 26.2 Å². The van der Waals surface area contributed by atoms with Crippen molar-refractivity contribution in [3.05, 3.63) is 106 Å². The second-order valence-corrected chi connectivity index (χ2v) is 15.5. The number of hydrogen-bond donors (Lipinski definition) is 1. The van der Waals surface area contributed by atoms with Gasteiger partial charge in [0.15, 0.2) is 10.7 Å². The van der Waals surface area contributed by atoms with Gasteiger partial charge in [-0.15, -0.1) is 22.7 Å². The molecule has 3 aromatic carbocycles. The van der Waals surface area contributed by atoms with Gasteiger partial charge in [-0.3, -0.25) is 9.63 Å². The third-order valence-corrected chi connectivity index (χ3v) is 11.0. The van der Waals surface area contributed by atoms with E-state index in [1.807, 2.05) is 60.7 Å². The first-order chi connectivity index (χ1) is 26.7. The molecule has 298 valence electrons. The molecule has 5 aromatic rings. The molecule has 6 rings (SSSR count). The molecular weight excluding hydrogens is 812 g/mol. The normalized spacial score (nSPS) is 12.6. The Morgan fingerprint density at radius 1 is 0.857 bits per heavy atom. The molecule has 0 unspecified atom stereocenters. The Balaban J connectivity index is 0.000000204. The fourth-order valence-corrected chi connectivity index (χ4v) is 7.41. The number of aromatic nitrogens is 2. The monoisotopic (exact) mass is 849 g/mol. The highest BCUT2D eigenvalue weighted by atomic mass is 32.2. The standard InChI is InChI=1S/C17H21N3O2S.C13H10F3NO5S2.C7H7NS/c1-19(22-2)17(21)14-15(20-11-7-4-8-12-20)18-16(23-14)13-9-5-3-6-10-13;1-2-21-12(18)9-10(22-24(19,20)13(14,15)16)17-11(23-9)8-6-4-3-5-7-8;8-7(9)6-4-2-1-3-5-6/h3,5-6,9-10H,4,7-8,11-12H2,1-2H3;3-7H,2H2,1H3;1-5H,(H2,8,9). The lowest BCUT2D eigenvalue weighted by atomic mass is 10.1. The van der Waals surface area contributed by atoms with Crippen LogP contribution in [0.3, 0.4) is 0 Å². The zero-order valence-electron chi connectivity index (χ0n) is 30.4. The van der Waals surface area contributed by atoms with Crippen molar-refractivity contribution < 1.29 is 44.9 Å². The molecule has 2 N–H and O–H groups in total. The van der Waals surface area contributed by atoms with Gasteiger partial charge in [0, 0.05) is 36.8 Å². The van der Waals surface area contributed by atoms with Crippen molar-refractivity contribution in [2.45, 2.75) is 31.7 Å². The molecule has 0 radical (unpaired) electrons. The van der Waals surface area contributed by atoms with Crippen molar-refractivity contribution in [2.24, 2.45) is 5.73 Å². The predicted molar refractivity (Wildman–Crippen MR) is 214 cm³/mol. The van der Waals surface area contributed by atoms with E-state index in [-0.39, 0.29) is 17.5 Å². The van der Waals surface area contributed by atoms with Crippen LogP contribution < -0.4 is 14.8 Å². The Morgan fingerprint density at radius 3 is 1.82 bits per heavy atom. The number of nitrogens with zero attached hydrogens (tertiary/aromatic N) is 4. The number of carbonyl (C=O) groups is 2. The number of benzene rings is 3. The molecule has 1 aliphatic heterocycles. The Labute approximate surface area is 335 Å². The van der Waals surface area contributed by atoms with Crippen LogP contribution in [0, 0.1) is 0 Å². The highest BCUT2D eigenvalue weighted by Crippen LogP contribution is 2.37. The summed E-state index contributed by atoms with van der Waals surface area (Å²) in [6.07, 6.45) is 3.53. The average molecular weight is 850 g/mol. The van der Waals surface area contributed by atoms with E-state index >= 15 is 0 Å². The fourth-order valence-electron chi connectivity index (χ4n) is 4.85. The Hall–Kier alpha value is -4.95. The molecule has 1 saturated heterocycles. The minimum atomic E-state index is -5.95. The smallest absolute Gasteiger partial charge is 0.462 e. The SMILES string of the molecule is CCOC(=O)c1sc(-c2ccccc2)nc1OS(=O)(=O)C(F)(F)F.CON(C)C(=O)c1sc(-c2ccccc2)nc1N1CCCCC1.NC(=S)c1ccccc1. The van der Waals surface area contributed by atoms with E-state index in [4.69, 9.17) is 32.5 Å².